The number of nitrogens with zero attached hydrogens (tertiary/aromatic N) is 1. The topological polar surface area (TPSA) is 23.8 Å². The average Bonchev–Trinajstić information content (AvgIpc) is 2.69. The number of hydrogen-bond acceptors (Lipinski definition) is 1. The Kier molecular flexibility index (Phi) is 6.99. The van der Waals surface area contributed by atoms with Crippen LogP contribution >= 0.6 is 0 Å². The van der Waals surface area contributed by atoms with E-state index in [2.05, 4.69) is 0 Å². The first-order valence-electron chi connectivity index (χ1n) is 10.2. The maximum absolute atomic E-state index is 14.4. The van der Waals surface area contributed by atoms with E-state index in [1.807, 2.05) is 18.2 Å². The fraction of sp³-hybridized carbons (Fsp3) is 0.609. The van der Waals surface area contributed by atoms with Crippen LogP contribution in [0.5, 0.6) is 0 Å². The highest BCUT2D eigenvalue weighted by atomic mass is 19.3. The molecule has 1 aromatic carbocycles. The second kappa shape index (κ2) is 9.44. The van der Waals surface area contributed by atoms with Gasteiger partial charge in [0, 0.05) is 6.42 Å². The van der Waals surface area contributed by atoms with Crippen molar-refractivity contribution in [3.63, 3.8) is 0 Å². The summed E-state index contributed by atoms with van der Waals surface area (Å²) in [6, 6.07) is 7.09. The van der Waals surface area contributed by atoms with Gasteiger partial charge < -0.3 is 0 Å². The molecule has 0 radical (unpaired) electrons. The minimum Gasteiger partial charge on any atom is -0.210 e. The molecule has 0 amide bonds. The van der Waals surface area contributed by atoms with E-state index in [0.717, 1.165) is 44.4 Å². The number of alkyl halides is 2. The molecule has 0 atom stereocenters. The molecule has 2 fully saturated rings. The van der Waals surface area contributed by atoms with Crippen molar-refractivity contribution in [2.75, 3.05) is 0 Å². The van der Waals surface area contributed by atoms with Gasteiger partial charge in [-0.2, -0.15) is 5.26 Å². The van der Waals surface area contributed by atoms with E-state index in [-0.39, 0.29) is 23.7 Å². The Bertz CT molecular complexity index is 675. The van der Waals surface area contributed by atoms with Crippen molar-refractivity contribution in [3.05, 3.63) is 47.3 Å². The van der Waals surface area contributed by atoms with Crippen LogP contribution in [-0.2, 0) is 0 Å². The van der Waals surface area contributed by atoms with Crippen molar-refractivity contribution >= 4 is 0 Å². The van der Waals surface area contributed by atoms with Gasteiger partial charge in [-0.15, -0.1) is 0 Å². The largest absolute Gasteiger partial charge is 0.242 e. The zero-order chi connectivity index (χ0) is 19.2. The Labute approximate surface area is 160 Å². The molecule has 0 heterocycles. The summed E-state index contributed by atoms with van der Waals surface area (Å²) in [5, 5.41) is 9.02. The number of halogens is 3. The molecule has 3 rings (SSSR count). The predicted octanol–water partition coefficient (Wildman–Crippen LogP) is 6.99. The zero-order valence-electron chi connectivity index (χ0n) is 15.7. The fourth-order valence-electron chi connectivity index (χ4n) is 5.04. The van der Waals surface area contributed by atoms with Crippen LogP contribution in [0.2, 0.25) is 0 Å². The Morgan fingerprint density at radius 2 is 1.63 bits per heavy atom. The molecule has 0 spiro atoms. The summed E-state index contributed by atoms with van der Waals surface area (Å²) < 4.78 is 38.9. The Morgan fingerprint density at radius 1 is 1.00 bits per heavy atom. The van der Waals surface area contributed by atoms with Crippen molar-refractivity contribution in [1.82, 2.24) is 0 Å². The molecule has 0 saturated heterocycles. The molecule has 146 valence electrons. The van der Waals surface area contributed by atoms with Crippen molar-refractivity contribution < 1.29 is 13.2 Å². The fourth-order valence-corrected chi connectivity index (χ4v) is 5.04. The standard InChI is InChI=1S/C23H28F3N/c24-22(25)6-1-3-16-7-9-17(10-8-16)18-11-13-19(14-12-18)21-5-2-4-20(15-27)23(21)26/h1-5,16-19,22H,6-14H2/b3-1+. The lowest BCUT2D eigenvalue weighted by Gasteiger charge is -2.37. The van der Waals surface area contributed by atoms with Crippen LogP contribution in [0.3, 0.4) is 0 Å². The lowest BCUT2D eigenvalue weighted by Crippen LogP contribution is -2.25. The smallest absolute Gasteiger partial charge is 0.210 e. The van der Waals surface area contributed by atoms with Crippen LogP contribution < -0.4 is 0 Å². The molecule has 27 heavy (non-hydrogen) atoms. The Morgan fingerprint density at radius 3 is 2.22 bits per heavy atom. The summed E-state index contributed by atoms with van der Waals surface area (Å²) in [5.74, 6) is 1.78. The van der Waals surface area contributed by atoms with E-state index in [1.54, 1.807) is 18.2 Å². The van der Waals surface area contributed by atoms with Gasteiger partial charge in [0.2, 0.25) is 6.43 Å². The monoisotopic (exact) mass is 375 g/mol. The van der Waals surface area contributed by atoms with Gasteiger partial charge in [-0.1, -0.05) is 24.3 Å². The van der Waals surface area contributed by atoms with Gasteiger partial charge in [0.15, 0.2) is 0 Å². The molecule has 0 aromatic heterocycles. The minimum atomic E-state index is -2.24. The molecular formula is C23H28F3N. The van der Waals surface area contributed by atoms with E-state index in [4.69, 9.17) is 5.26 Å². The summed E-state index contributed by atoms with van der Waals surface area (Å²) in [7, 11) is 0. The van der Waals surface area contributed by atoms with E-state index in [1.165, 1.54) is 12.8 Å². The highest BCUT2D eigenvalue weighted by molar-refractivity contribution is 5.36. The zero-order valence-corrected chi connectivity index (χ0v) is 15.7. The summed E-state index contributed by atoms with van der Waals surface area (Å²) >= 11 is 0. The van der Waals surface area contributed by atoms with Crippen LogP contribution in [0.1, 0.15) is 74.8 Å². The molecule has 4 heteroatoms. The van der Waals surface area contributed by atoms with Crippen LogP contribution in [0.15, 0.2) is 30.4 Å². The second-order valence-corrected chi connectivity index (χ2v) is 8.16. The molecular weight excluding hydrogens is 347 g/mol. The van der Waals surface area contributed by atoms with E-state index >= 15 is 0 Å². The van der Waals surface area contributed by atoms with Gasteiger partial charge in [-0.05, 0) is 86.7 Å². The molecule has 0 unspecified atom stereocenters. The number of nitriles is 1. The molecule has 2 aliphatic carbocycles. The van der Waals surface area contributed by atoms with Gasteiger partial charge in [0.25, 0.3) is 0 Å². The summed E-state index contributed by atoms with van der Waals surface area (Å²) in [5.41, 5.74) is 0.855. The number of allylic oxidation sites excluding steroid dienone is 2. The molecule has 0 N–H and O–H groups in total. The third-order valence-electron chi connectivity index (χ3n) is 6.57. The van der Waals surface area contributed by atoms with Gasteiger partial charge in [0.1, 0.15) is 11.9 Å². The highest BCUT2D eigenvalue weighted by Gasteiger charge is 2.31. The van der Waals surface area contributed by atoms with Crippen molar-refractivity contribution in [2.24, 2.45) is 17.8 Å². The highest BCUT2D eigenvalue weighted by Crippen LogP contribution is 2.44. The molecule has 2 saturated carbocycles. The molecule has 1 aromatic rings. The first-order valence-corrected chi connectivity index (χ1v) is 10.2. The molecule has 1 nitrogen and oxygen atoms in total. The third kappa shape index (κ3) is 5.15. The Balaban J connectivity index is 1.48. The van der Waals surface area contributed by atoms with Crippen molar-refractivity contribution in [2.45, 2.75) is 70.1 Å². The van der Waals surface area contributed by atoms with E-state index in [0.29, 0.717) is 17.4 Å². The van der Waals surface area contributed by atoms with Gasteiger partial charge >= 0.3 is 0 Å². The van der Waals surface area contributed by atoms with E-state index in [9.17, 15) is 13.2 Å². The molecule has 0 aliphatic heterocycles. The Hall–Kier alpha value is -1.76. The molecule has 0 bridgehead atoms. The maximum atomic E-state index is 14.4. The van der Waals surface area contributed by atoms with Crippen molar-refractivity contribution in [3.8, 4) is 6.07 Å². The van der Waals surface area contributed by atoms with E-state index < -0.39 is 6.43 Å². The first-order chi connectivity index (χ1) is 13.1. The van der Waals surface area contributed by atoms with Gasteiger partial charge in [-0.25, -0.2) is 13.2 Å². The number of rotatable bonds is 5. The van der Waals surface area contributed by atoms with Crippen LogP contribution in [0.25, 0.3) is 0 Å². The van der Waals surface area contributed by atoms with Gasteiger partial charge in [0.05, 0.1) is 5.56 Å². The molecule has 2 aliphatic rings. The van der Waals surface area contributed by atoms with Crippen LogP contribution in [-0.4, -0.2) is 6.43 Å². The lowest BCUT2D eigenvalue weighted by atomic mass is 9.68. The normalized spacial score (nSPS) is 29.1. The van der Waals surface area contributed by atoms with Crippen LogP contribution in [0.4, 0.5) is 13.2 Å². The maximum Gasteiger partial charge on any atom is 0.242 e. The van der Waals surface area contributed by atoms with Gasteiger partial charge in [-0.3, -0.25) is 0 Å². The SMILES string of the molecule is N#Cc1cccc(C2CCC(C3CCC(/C=C/CC(F)F)CC3)CC2)c1F. The minimum absolute atomic E-state index is 0.131. The first kappa shape index (κ1) is 20.0. The lowest BCUT2D eigenvalue weighted by molar-refractivity contribution is 0.151. The number of benzene rings is 1. The van der Waals surface area contributed by atoms with Crippen molar-refractivity contribution in [1.29, 1.82) is 5.26 Å². The second-order valence-electron chi connectivity index (χ2n) is 8.16. The third-order valence-corrected chi connectivity index (χ3v) is 6.57. The predicted molar refractivity (Wildman–Crippen MR) is 101 cm³/mol. The number of hydrogen-bond donors (Lipinski definition) is 0. The summed E-state index contributed by atoms with van der Waals surface area (Å²) in [6.45, 7) is 0. The summed E-state index contributed by atoms with van der Waals surface area (Å²) in [4.78, 5) is 0. The average molecular weight is 375 g/mol. The summed E-state index contributed by atoms with van der Waals surface area (Å²) in [6.07, 6.45) is 10.0. The quantitative estimate of drug-likeness (QED) is 0.509. The van der Waals surface area contributed by atoms with Crippen LogP contribution in [0, 0.1) is 34.9 Å².